The minimum absolute atomic E-state index is 0.00163. The Kier molecular flexibility index (Phi) is 10.6. The second-order valence-corrected chi connectivity index (χ2v) is 12.6. The smallest absolute Gasteiger partial charge is 0.277 e. The molecule has 3 N–H and O–H groups in total. The number of carbonyl (C=O) groups excluding carboxylic acids is 1. The number of hydrogen-bond donors (Lipinski definition) is 3. The van der Waals surface area contributed by atoms with Crippen molar-refractivity contribution in [1.82, 2.24) is 35.1 Å². The van der Waals surface area contributed by atoms with E-state index in [0.29, 0.717) is 81.7 Å². The summed E-state index contributed by atoms with van der Waals surface area (Å²) in [6.07, 6.45) is 3.33. The van der Waals surface area contributed by atoms with Crippen molar-refractivity contribution in [1.29, 1.82) is 0 Å². The number of alkyl halides is 1. The molecule has 5 aromatic rings. The number of benzene rings is 2. The topological polar surface area (TPSA) is 115 Å². The summed E-state index contributed by atoms with van der Waals surface area (Å²) in [5.41, 5.74) is 3.77. The second kappa shape index (κ2) is 15.0. The molecule has 1 fully saturated rings. The zero-order valence-electron chi connectivity index (χ0n) is 27.0. The van der Waals surface area contributed by atoms with Gasteiger partial charge in [-0.15, -0.1) is 0 Å². The lowest BCUT2D eigenvalue weighted by atomic mass is 9.97. The molecule has 0 aliphatic carbocycles. The predicted molar refractivity (Wildman–Crippen MR) is 186 cm³/mol. The molecule has 6 rings (SSSR count). The molecular formula is C35H35Cl2F2N7O3. The summed E-state index contributed by atoms with van der Waals surface area (Å²) >= 11 is 14.0. The highest BCUT2D eigenvalue weighted by Crippen LogP contribution is 2.42. The van der Waals surface area contributed by atoms with Gasteiger partial charge in [0.2, 0.25) is 11.8 Å². The van der Waals surface area contributed by atoms with Crippen molar-refractivity contribution in [2.75, 3.05) is 26.9 Å². The van der Waals surface area contributed by atoms with E-state index in [1.807, 2.05) is 24.3 Å². The molecule has 10 nitrogen and oxygen atoms in total. The van der Waals surface area contributed by atoms with Crippen molar-refractivity contribution in [3.05, 3.63) is 92.3 Å². The lowest BCUT2D eigenvalue weighted by Gasteiger charge is -2.16. The molecule has 2 aromatic carbocycles. The van der Waals surface area contributed by atoms with Crippen LogP contribution in [0.15, 0.2) is 59.5 Å². The van der Waals surface area contributed by atoms with Crippen LogP contribution in [0.5, 0.6) is 5.88 Å². The van der Waals surface area contributed by atoms with Crippen LogP contribution < -0.4 is 26.2 Å². The third-order valence-corrected chi connectivity index (χ3v) is 9.40. The van der Waals surface area contributed by atoms with Gasteiger partial charge in [-0.25, -0.2) is 13.9 Å². The number of nitrogens with zero attached hydrogens (tertiary/aromatic N) is 4. The van der Waals surface area contributed by atoms with Crippen molar-refractivity contribution in [2.45, 2.75) is 38.4 Å². The summed E-state index contributed by atoms with van der Waals surface area (Å²) in [5.74, 6) is 0.138. The number of fused-ring (bicyclic) bond motifs is 1. The average Bonchev–Trinajstić information content (AvgIpc) is 3.72. The Morgan fingerprint density at radius 2 is 1.73 bits per heavy atom. The van der Waals surface area contributed by atoms with Crippen LogP contribution in [-0.2, 0) is 24.9 Å². The Balaban J connectivity index is 1.29. The number of rotatable bonds is 13. The highest BCUT2D eigenvalue weighted by Gasteiger charge is 2.23. The van der Waals surface area contributed by atoms with Gasteiger partial charge in [0.1, 0.15) is 17.2 Å². The highest BCUT2D eigenvalue weighted by molar-refractivity contribution is 6.39. The van der Waals surface area contributed by atoms with Crippen LogP contribution in [0.25, 0.3) is 39.0 Å². The molecule has 1 amide bonds. The molecule has 1 aliphatic rings. The molecule has 4 heterocycles. The third kappa shape index (κ3) is 7.18. The minimum Gasteiger partial charge on any atom is -0.481 e. The van der Waals surface area contributed by atoms with E-state index < -0.39 is 12.5 Å². The van der Waals surface area contributed by atoms with Gasteiger partial charge in [-0.2, -0.15) is 5.10 Å². The van der Waals surface area contributed by atoms with E-state index in [4.69, 9.17) is 27.9 Å². The summed E-state index contributed by atoms with van der Waals surface area (Å²) in [4.78, 5) is 29.3. The molecule has 1 atom stereocenters. The third-order valence-electron chi connectivity index (χ3n) is 8.58. The quantitative estimate of drug-likeness (QED) is 0.134. The van der Waals surface area contributed by atoms with Gasteiger partial charge in [0.15, 0.2) is 0 Å². The highest BCUT2D eigenvalue weighted by atomic mass is 35.5. The van der Waals surface area contributed by atoms with E-state index in [-0.39, 0.29) is 41.2 Å². The summed E-state index contributed by atoms with van der Waals surface area (Å²) in [6.45, 7) is 1.02. The van der Waals surface area contributed by atoms with Gasteiger partial charge in [0.05, 0.1) is 41.6 Å². The molecule has 0 spiro atoms. The number of nitrogens with one attached hydrogen (secondary N) is 3. The van der Waals surface area contributed by atoms with Gasteiger partial charge in [-0.05, 0) is 25.5 Å². The predicted octanol–water partition coefficient (Wildman–Crippen LogP) is 5.70. The van der Waals surface area contributed by atoms with Gasteiger partial charge < -0.3 is 20.7 Å². The van der Waals surface area contributed by atoms with E-state index in [1.165, 1.54) is 22.3 Å². The Hall–Kier alpha value is -4.36. The molecule has 3 aromatic heterocycles. The number of hydrogen-bond acceptors (Lipinski definition) is 7. The number of ether oxygens (including phenoxy) is 1. The molecule has 1 saturated heterocycles. The first-order chi connectivity index (χ1) is 23.7. The number of halogens is 4. The van der Waals surface area contributed by atoms with E-state index in [9.17, 15) is 14.0 Å². The summed E-state index contributed by atoms with van der Waals surface area (Å²) in [7, 11) is 3.08. The molecule has 1 unspecified atom stereocenters. The number of amides is 1. The van der Waals surface area contributed by atoms with Crippen LogP contribution in [0.1, 0.15) is 30.7 Å². The first-order valence-corrected chi connectivity index (χ1v) is 16.6. The van der Waals surface area contributed by atoms with Gasteiger partial charge >= 0.3 is 0 Å². The largest absolute Gasteiger partial charge is 0.481 e. The van der Waals surface area contributed by atoms with E-state index >= 15 is 4.39 Å². The van der Waals surface area contributed by atoms with Gasteiger partial charge in [-0.3, -0.25) is 18.5 Å². The maximum atomic E-state index is 15.5. The van der Waals surface area contributed by atoms with Crippen molar-refractivity contribution < 1.29 is 18.3 Å². The number of methoxy groups -OCH3 is 1. The van der Waals surface area contributed by atoms with Crippen molar-refractivity contribution in [3.8, 4) is 39.4 Å². The van der Waals surface area contributed by atoms with Crippen LogP contribution in [0.4, 0.5) is 8.78 Å². The van der Waals surface area contributed by atoms with Crippen LogP contribution >= 0.6 is 23.2 Å². The van der Waals surface area contributed by atoms with Crippen LogP contribution in [0, 0.1) is 5.82 Å². The monoisotopic (exact) mass is 709 g/mol. The number of aromatic nitrogens is 4. The maximum absolute atomic E-state index is 15.5. The van der Waals surface area contributed by atoms with Crippen molar-refractivity contribution in [3.63, 3.8) is 0 Å². The van der Waals surface area contributed by atoms with E-state index in [1.54, 1.807) is 31.4 Å². The molecule has 0 bridgehead atoms. The molecular weight excluding hydrogens is 675 g/mol. The van der Waals surface area contributed by atoms with Gasteiger partial charge in [0.25, 0.3) is 5.56 Å². The van der Waals surface area contributed by atoms with Crippen LogP contribution in [0.3, 0.4) is 0 Å². The summed E-state index contributed by atoms with van der Waals surface area (Å²) < 4.78 is 36.5. The fourth-order valence-corrected chi connectivity index (χ4v) is 6.62. The van der Waals surface area contributed by atoms with E-state index in [2.05, 4.69) is 26.0 Å². The maximum Gasteiger partial charge on any atom is 0.277 e. The molecule has 49 heavy (non-hydrogen) atoms. The van der Waals surface area contributed by atoms with Crippen LogP contribution in [-0.4, -0.2) is 58.0 Å². The standard InChI is InChI=1S/C35H35Cl2F2N7O3/c1-45-30(18-40-13-5-12-38)44-46-19-20(14-29(46)35(45)48)22-6-3-7-23(32(22)36)24-8-4-9-25(33(24)37)28-15-27(39)26(34(43-28)49-2)17-41-16-21-10-11-31(47)42-21/h3-4,6-9,14-15,19,21,40-41H,5,10-13,16-18H2,1-2H3,(H,42,47). The first-order valence-electron chi connectivity index (χ1n) is 15.9. The Morgan fingerprint density at radius 3 is 2.43 bits per heavy atom. The van der Waals surface area contributed by atoms with Gasteiger partial charge in [0, 0.05) is 72.7 Å². The zero-order valence-corrected chi connectivity index (χ0v) is 28.5. The number of pyridine rings is 1. The van der Waals surface area contributed by atoms with Crippen LogP contribution in [0.2, 0.25) is 10.0 Å². The van der Waals surface area contributed by atoms with Crippen molar-refractivity contribution in [2.24, 2.45) is 7.05 Å². The fraction of sp³-hybridized carbons (Fsp3) is 0.314. The Bertz CT molecular complexity index is 2090. The zero-order chi connectivity index (χ0) is 34.7. The van der Waals surface area contributed by atoms with Crippen molar-refractivity contribution >= 4 is 34.6 Å². The molecule has 256 valence electrons. The summed E-state index contributed by atoms with van der Waals surface area (Å²) in [6, 6.07) is 13.9. The Morgan fingerprint density at radius 1 is 1.02 bits per heavy atom. The average molecular weight is 711 g/mol. The minimum atomic E-state index is -0.509. The molecule has 0 saturated carbocycles. The fourth-order valence-electron chi connectivity index (χ4n) is 5.96. The van der Waals surface area contributed by atoms with Gasteiger partial charge in [-0.1, -0.05) is 59.6 Å². The normalized spacial score (nSPS) is 14.5. The SMILES string of the molecule is COc1nc(-c2cccc(-c3cccc(-c4cc5c(=O)n(C)c(CNCCCF)nn5c4)c3Cl)c2Cl)cc(F)c1CNCC1CCC(=O)N1. The Labute approximate surface area is 291 Å². The lowest BCUT2D eigenvalue weighted by molar-refractivity contribution is -0.119. The first kappa shape index (κ1) is 34.5. The number of carbonyl (C=O) groups is 1. The molecule has 14 heteroatoms. The van der Waals surface area contributed by atoms with E-state index in [0.717, 1.165) is 6.42 Å². The lowest BCUT2D eigenvalue weighted by Crippen LogP contribution is -2.35. The molecule has 1 aliphatic heterocycles. The molecule has 0 radical (unpaired) electrons. The summed E-state index contributed by atoms with van der Waals surface area (Å²) in [5, 5.41) is 14.5. The second-order valence-electron chi connectivity index (χ2n) is 11.8.